The summed E-state index contributed by atoms with van der Waals surface area (Å²) in [4.78, 5) is 16.9. The first kappa shape index (κ1) is 17.5. The zero-order valence-corrected chi connectivity index (χ0v) is 15.6. The van der Waals surface area contributed by atoms with E-state index in [0.29, 0.717) is 17.0 Å². The smallest absolute Gasteiger partial charge is 0.259 e. The van der Waals surface area contributed by atoms with Crippen LogP contribution in [0.5, 0.6) is 5.75 Å². The molecule has 1 aromatic carbocycles. The van der Waals surface area contributed by atoms with Crippen molar-refractivity contribution in [2.45, 2.75) is 33.1 Å². The summed E-state index contributed by atoms with van der Waals surface area (Å²) in [6, 6.07) is 7.53. The molecule has 0 atom stereocenters. The second kappa shape index (κ2) is 6.71. The third-order valence-corrected chi connectivity index (χ3v) is 4.40. The Morgan fingerprint density at radius 1 is 1.26 bits per heavy atom. The van der Waals surface area contributed by atoms with Gasteiger partial charge in [-0.2, -0.15) is 0 Å². The fourth-order valence-corrected chi connectivity index (χ4v) is 2.47. The molecule has 0 spiro atoms. The predicted octanol–water partition coefficient (Wildman–Crippen LogP) is 4.71. The van der Waals surface area contributed by atoms with Crippen LogP contribution in [0.3, 0.4) is 0 Å². The van der Waals surface area contributed by atoms with Crippen LogP contribution >= 0.6 is 15.9 Å². The van der Waals surface area contributed by atoms with Crippen molar-refractivity contribution in [2.24, 2.45) is 0 Å². The topological polar surface area (TPSA) is 51.2 Å². The van der Waals surface area contributed by atoms with E-state index in [0.717, 1.165) is 15.7 Å². The van der Waals surface area contributed by atoms with Gasteiger partial charge in [0, 0.05) is 4.47 Å². The molecule has 0 aliphatic rings. The summed E-state index contributed by atoms with van der Waals surface area (Å²) in [5, 5.41) is 2.87. The van der Waals surface area contributed by atoms with Gasteiger partial charge in [0.05, 0.1) is 30.3 Å². The SMILES string of the molecule is COc1ccc(C(C)(C)C)cc1C(=O)Nc1cnc(C)c(Br)c1. The van der Waals surface area contributed by atoms with Crippen molar-refractivity contribution in [3.63, 3.8) is 0 Å². The summed E-state index contributed by atoms with van der Waals surface area (Å²) < 4.78 is 6.18. The number of anilines is 1. The molecule has 1 amide bonds. The van der Waals surface area contributed by atoms with Crippen molar-refractivity contribution in [3.05, 3.63) is 51.8 Å². The number of carbonyl (C=O) groups excluding carboxylic acids is 1. The zero-order valence-electron chi connectivity index (χ0n) is 14.0. The fraction of sp³-hybridized carbons (Fsp3) is 0.333. The maximum Gasteiger partial charge on any atom is 0.259 e. The summed E-state index contributed by atoms with van der Waals surface area (Å²) in [6.45, 7) is 8.22. The first-order chi connectivity index (χ1) is 10.7. The molecule has 0 fully saturated rings. The number of aryl methyl sites for hydroxylation is 1. The largest absolute Gasteiger partial charge is 0.496 e. The Bertz CT molecular complexity index is 736. The average Bonchev–Trinajstić information content (AvgIpc) is 2.49. The number of halogens is 1. The minimum atomic E-state index is -0.217. The van der Waals surface area contributed by atoms with Gasteiger partial charge in [0.2, 0.25) is 0 Å². The Kier molecular flexibility index (Phi) is 5.09. The van der Waals surface area contributed by atoms with E-state index in [1.807, 2.05) is 31.2 Å². The average molecular weight is 377 g/mol. The molecule has 4 nitrogen and oxygen atoms in total. The summed E-state index contributed by atoms with van der Waals surface area (Å²) in [7, 11) is 1.56. The van der Waals surface area contributed by atoms with E-state index in [4.69, 9.17) is 4.74 Å². The Morgan fingerprint density at radius 2 is 1.96 bits per heavy atom. The summed E-state index contributed by atoms with van der Waals surface area (Å²) in [5.74, 6) is 0.333. The molecular weight excluding hydrogens is 356 g/mol. The maximum atomic E-state index is 12.6. The maximum absolute atomic E-state index is 12.6. The van der Waals surface area contributed by atoms with Crippen LogP contribution in [0.4, 0.5) is 5.69 Å². The molecule has 1 aromatic heterocycles. The molecule has 1 N–H and O–H groups in total. The van der Waals surface area contributed by atoms with Crippen LogP contribution in [0.2, 0.25) is 0 Å². The number of benzene rings is 1. The molecule has 23 heavy (non-hydrogen) atoms. The van der Waals surface area contributed by atoms with Crippen molar-refractivity contribution in [3.8, 4) is 5.75 Å². The molecule has 0 saturated carbocycles. The first-order valence-corrected chi connectivity index (χ1v) is 8.13. The number of hydrogen-bond donors (Lipinski definition) is 1. The number of nitrogens with zero attached hydrogens (tertiary/aromatic N) is 1. The third-order valence-electron chi connectivity index (χ3n) is 3.59. The monoisotopic (exact) mass is 376 g/mol. The number of aromatic nitrogens is 1. The molecular formula is C18H21BrN2O2. The molecule has 5 heteroatoms. The number of carbonyl (C=O) groups is 1. The van der Waals surface area contributed by atoms with E-state index in [2.05, 4.69) is 47.0 Å². The number of ether oxygens (including phenoxy) is 1. The van der Waals surface area contributed by atoms with Crippen LogP contribution in [0.1, 0.15) is 42.4 Å². The highest BCUT2D eigenvalue weighted by molar-refractivity contribution is 9.10. The lowest BCUT2D eigenvalue weighted by Gasteiger charge is -2.21. The second-order valence-electron chi connectivity index (χ2n) is 6.41. The Balaban J connectivity index is 2.35. The molecule has 0 bridgehead atoms. The number of hydrogen-bond acceptors (Lipinski definition) is 3. The van der Waals surface area contributed by atoms with E-state index in [1.165, 1.54) is 0 Å². The quantitative estimate of drug-likeness (QED) is 0.843. The van der Waals surface area contributed by atoms with Gasteiger partial charge in [-0.05, 0) is 52.0 Å². The van der Waals surface area contributed by atoms with E-state index in [1.54, 1.807) is 13.3 Å². The van der Waals surface area contributed by atoms with Crippen LogP contribution in [-0.2, 0) is 5.41 Å². The van der Waals surface area contributed by atoms with Crippen molar-refractivity contribution in [2.75, 3.05) is 12.4 Å². The van der Waals surface area contributed by atoms with Gasteiger partial charge in [-0.1, -0.05) is 26.8 Å². The van der Waals surface area contributed by atoms with Crippen molar-refractivity contribution < 1.29 is 9.53 Å². The number of amides is 1. The van der Waals surface area contributed by atoms with Crippen LogP contribution in [0.25, 0.3) is 0 Å². The summed E-state index contributed by atoms with van der Waals surface area (Å²) in [6.07, 6.45) is 1.64. The van der Waals surface area contributed by atoms with Crippen LogP contribution in [0.15, 0.2) is 34.9 Å². The Hall–Kier alpha value is -1.88. The van der Waals surface area contributed by atoms with Crippen molar-refractivity contribution in [1.29, 1.82) is 0 Å². The second-order valence-corrected chi connectivity index (χ2v) is 7.26. The minimum Gasteiger partial charge on any atom is -0.496 e. The van der Waals surface area contributed by atoms with Crippen molar-refractivity contribution >= 4 is 27.5 Å². The zero-order chi connectivity index (χ0) is 17.2. The molecule has 0 aliphatic carbocycles. The van der Waals surface area contributed by atoms with Gasteiger partial charge in [-0.15, -0.1) is 0 Å². The van der Waals surface area contributed by atoms with Gasteiger partial charge in [0.1, 0.15) is 5.75 Å². The number of methoxy groups -OCH3 is 1. The normalized spacial score (nSPS) is 11.2. The lowest BCUT2D eigenvalue weighted by molar-refractivity contribution is 0.102. The van der Waals surface area contributed by atoms with E-state index in [-0.39, 0.29) is 11.3 Å². The third kappa shape index (κ3) is 4.10. The standard InChI is InChI=1S/C18H21BrN2O2/c1-11-15(19)9-13(10-20-11)21-17(22)14-8-12(18(2,3)4)6-7-16(14)23-5/h6-10H,1-5H3,(H,21,22). The summed E-state index contributed by atoms with van der Waals surface area (Å²) in [5.41, 5.74) is 3.05. The van der Waals surface area contributed by atoms with Crippen molar-refractivity contribution in [1.82, 2.24) is 4.98 Å². The van der Waals surface area contributed by atoms with Gasteiger partial charge in [0.15, 0.2) is 0 Å². The lowest BCUT2D eigenvalue weighted by atomic mass is 9.86. The first-order valence-electron chi connectivity index (χ1n) is 7.34. The lowest BCUT2D eigenvalue weighted by Crippen LogP contribution is -2.17. The molecule has 122 valence electrons. The molecule has 0 aliphatic heterocycles. The predicted molar refractivity (Wildman–Crippen MR) is 96.3 cm³/mol. The molecule has 0 unspecified atom stereocenters. The molecule has 2 rings (SSSR count). The molecule has 0 saturated heterocycles. The highest BCUT2D eigenvalue weighted by atomic mass is 79.9. The minimum absolute atomic E-state index is 0.0459. The number of pyridine rings is 1. The van der Waals surface area contributed by atoms with Crippen LogP contribution in [-0.4, -0.2) is 18.0 Å². The number of nitrogens with one attached hydrogen (secondary N) is 1. The highest BCUT2D eigenvalue weighted by Gasteiger charge is 2.19. The Labute approximate surface area is 145 Å². The highest BCUT2D eigenvalue weighted by Crippen LogP contribution is 2.28. The molecule has 0 radical (unpaired) electrons. The number of rotatable bonds is 3. The van der Waals surface area contributed by atoms with Gasteiger partial charge >= 0.3 is 0 Å². The van der Waals surface area contributed by atoms with Gasteiger partial charge in [-0.25, -0.2) is 0 Å². The van der Waals surface area contributed by atoms with Gasteiger partial charge < -0.3 is 10.1 Å². The van der Waals surface area contributed by atoms with E-state index >= 15 is 0 Å². The van der Waals surface area contributed by atoms with Gasteiger partial charge in [0.25, 0.3) is 5.91 Å². The summed E-state index contributed by atoms with van der Waals surface area (Å²) >= 11 is 3.42. The van der Waals surface area contributed by atoms with E-state index in [9.17, 15) is 4.79 Å². The molecule has 2 aromatic rings. The van der Waals surface area contributed by atoms with E-state index < -0.39 is 0 Å². The van der Waals surface area contributed by atoms with Crippen LogP contribution in [0, 0.1) is 6.92 Å². The van der Waals surface area contributed by atoms with Gasteiger partial charge in [-0.3, -0.25) is 9.78 Å². The fourth-order valence-electron chi connectivity index (χ4n) is 2.12. The Morgan fingerprint density at radius 3 is 2.52 bits per heavy atom. The van der Waals surface area contributed by atoms with Crippen LogP contribution < -0.4 is 10.1 Å². The molecule has 1 heterocycles.